The Morgan fingerprint density at radius 3 is 2.75 bits per heavy atom. The second-order valence-corrected chi connectivity index (χ2v) is 11.9. The van der Waals surface area contributed by atoms with Crippen molar-refractivity contribution in [3.05, 3.63) is 59.4 Å². The van der Waals surface area contributed by atoms with Gasteiger partial charge in [0.05, 0.1) is 12.1 Å². The molecule has 4 aromatic rings. The van der Waals surface area contributed by atoms with Crippen molar-refractivity contribution in [1.29, 1.82) is 0 Å². The number of nitrogens with one attached hydrogen (secondary N) is 1. The van der Waals surface area contributed by atoms with Gasteiger partial charge in [-0.3, -0.25) is 4.79 Å². The van der Waals surface area contributed by atoms with E-state index in [-0.39, 0.29) is 36.0 Å². The van der Waals surface area contributed by atoms with E-state index in [1.165, 1.54) is 10.6 Å². The SMILES string of the molecule is CC(C)CC1CN(S(=O)(=O)c2cc3cc(Cl)ccc3[nH]2)CC(=O)N1Cc1ccc2c(N)ncnc2c1. The number of fused-ring (bicyclic) bond motifs is 2. The minimum Gasteiger partial charge on any atom is -0.383 e. The van der Waals surface area contributed by atoms with E-state index in [0.29, 0.717) is 40.2 Å². The lowest BCUT2D eigenvalue weighted by molar-refractivity contribution is -0.138. The molecule has 0 radical (unpaired) electrons. The summed E-state index contributed by atoms with van der Waals surface area (Å²) < 4.78 is 28.3. The summed E-state index contributed by atoms with van der Waals surface area (Å²) in [6.45, 7) is 4.47. The van der Waals surface area contributed by atoms with Crippen LogP contribution in [0.4, 0.5) is 5.82 Å². The van der Waals surface area contributed by atoms with Crippen molar-refractivity contribution in [2.24, 2.45) is 5.92 Å². The van der Waals surface area contributed by atoms with E-state index in [1.54, 1.807) is 29.2 Å². The van der Waals surface area contributed by atoms with Gasteiger partial charge in [-0.05, 0) is 54.3 Å². The van der Waals surface area contributed by atoms with Gasteiger partial charge in [0.1, 0.15) is 17.2 Å². The highest BCUT2D eigenvalue weighted by atomic mass is 35.5. The maximum Gasteiger partial charge on any atom is 0.259 e. The van der Waals surface area contributed by atoms with E-state index in [2.05, 4.69) is 28.8 Å². The van der Waals surface area contributed by atoms with Crippen LogP contribution in [-0.2, 0) is 21.4 Å². The molecule has 2 aromatic heterocycles. The number of nitrogen functional groups attached to an aromatic ring is 1. The quantitative estimate of drug-likeness (QED) is 0.393. The molecule has 11 heteroatoms. The van der Waals surface area contributed by atoms with Gasteiger partial charge < -0.3 is 15.6 Å². The fourth-order valence-electron chi connectivity index (χ4n) is 4.76. The molecule has 188 valence electrons. The van der Waals surface area contributed by atoms with Crippen molar-refractivity contribution in [2.45, 2.75) is 37.9 Å². The third-order valence-corrected chi connectivity index (χ3v) is 8.46. The molecule has 0 aliphatic carbocycles. The molecule has 2 aromatic carbocycles. The number of nitrogens with two attached hydrogens (primary N) is 1. The molecule has 0 spiro atoms. The standard InChI is InChI=1S/C25H27ClN6O3S/c1-15(2)7-19-12-31(36(34,35)23-10-17-9-18(26)4-6-21(17)30-23)13-24(33)32(19)11-16-3-5-20-22(8-16)28-14-29-25(20)27/h3-6,8-10,14-15,19,30H,7,11-13H2,1-2H3,(H2,27,28,29). The number of benzene rings is 2. The predicted molar refractivity (Wildman–Crippen MR) is 140 cm³/mol. The maximum atomic E-state index is 13.5. The number of hydrogen-bond donors (Lipinski definition) is 2. The maximum absolute atomic E-state index is 13.5. The van der Waals surface area contributed by atoms with Crippen LogP contribution in [0.25, 0.3) is 21.8 Å². The van der Waals surface area contributed by atoms with Gasteiger partial charge in [0, 0.05) is 40.4 Å². The topological polar surface area (TPSA) is 125 Å². The normalized spacial score (nSPS) is 17.5. The van der Waals surface area contributed by atoms with E-state index in [9.17, 15) is 13.2 Å². The highest BCUT2D eigenvalue weighted by Crippen LogP contribution is 2.28. The molecular weight excluding hydrogens is 500 g/mol. The number of hydrogen-bond acceptors (Lipinski definition) is 6. The van der Waals surface area contributed by atoms with Crippen LogP contribution >= 0.6 is 11.6 Å². The zero-order valence-electron chi connectivity index (χ0n) is 20.0. The molecule has 3 N–H and O–H groups in total. The Morgan fingerprint density at radius 1 is 1.17 bits per heavy atom. The van der Waals surface area contributed by atoms with Crippen LogP contribution in [-0.4, -0.2) is 57.6 Å². The van der Waals surface area contributed by atoms with E-state index in [0.717, 1.165) is 10.9 Å². The van der Waals surface area contributed by atoms with Crippen molar-refractivity contribution in [3.63, 3.8) is 0 Å². The van der Waals surface area contributed by atoms with Crippen molar-refractivity contribution in [2.75, 3.05) is 18.8 Å². The van der Waals surface area contributed by atoms with Crippen LogP contribution in [0.1, 0.15) is 25.8 Å². The summed E-state index contributed by atoms with van der Waals surface area (Å²) in [5.41, 5.74) is 8.20. The number of piperazine rings is 1. The Bertz CT molecular complexity index is 1570. The van der Waals surface area contributed by atoms with E-state index in [4.69, 9.17) is 17.3 Å². The van der Waals surface area contributed by atoms with Gasteiger partial charge in [0.25, 0.3) is 10.0 Å². The zero-order chi connectivity index (χ0) is 25.6. The largest absolute Gasteiger partial charge is 0.383 e. The summed E-state index contributed by atoms with van der Waals surface area (Å²) in [5.74, 6) is 0.433. The summed E-state index contributed by atoms with van der Waals surface area (Å²) in [5, 5.41) is 2.03. The average molecular weight is 527 g/mol. The van der Waals surface area contributed by atoms with Crippen molar-refractivity contribution in [3.8, 4) is 0 Å². The molecular formula is C25H27ClN6O3S. The fourth-order valence-corrected chi connectivity index (χ4v) is 6.39. The molecule has 1 fully saturated rings. The number of aromatic nitrogens is 3. The Hall–Kier alpha value is -3.21. The zero-order valence-corrected chi connectivity index (χ0v) is 21.6. The minimum absolute atomic E-state index is 0.0520. The van der Waals surface area contributed by atoms with Gasteiger partial charge >= 0.3 is 0 Å². The first-order valence-corrected chi connectivity index (χ1v) is 13.5. The number of H-pyrrole nitrogens is 1. The lowest BCUT2D eigenvalue weighted by Crippen LogP contribution is -2.57. The monoisotopic (exact) mass is 526 g/mol. The molecule has 36 heavy (non-hydrogen) atoms. The molecule has 1 atom stereocenters. The highest BCUT2D eigenvalue weighted by molar-refractivity contribution is 7.89. The van der Waals surface area contributed by atoms with Crippen molar-refractivity contribution in [1.82, 2.24) is 24.2 Å². The van der Waals surface area contributed by atoms with Crippen LogP contribution in [0.5, 0.6) is 0 Å². The molecule has 3 heterocycles. The number of amides is 1. The first kappa shape index (κ1) is 24.5. The lowest BCUT2D eigenvalue weighted by Gasteiger charge is -2.41. The fraction of sp³-hybridized carbons (Fsp3) is 0.320. The molecule has 1 aliphatic heterocycles. The number of carbonyl (C=O) groups is 1. The van der Waals surface area contributed by atoms with Crippen LogP contribution < -0.4 is 5.73 Å². The van der Waals surface area contributed by atoms with Crippen LogP contribution in [0.15, 0.2) is 53.8 Å². The summed E-state index contributed by atoms with van der Waals surface area (Å²) in [6, 6.07) is 12.1. The first-order chi connectivity index (χ1) is 17.1. The number of aromatic amines is 1. The number of halogens is 1. The van der Waals surface area contributed by atoms with Crippen LogP contribution in [0, 0.1) is 5.92 Å². The minimum atomic E-state index is -3.91. The van der Waals surface area contributed by atoms with Gasteiger partial charge in [0.15, 0.2) is 0 Å². The molecule has 1 aliphatic rings. The first-order valence-electron chi connectivity index (χ1n) is 11.7. The van der Waals surface area contributed by atoms with Gasteiger partial charge in [-0.25, -0.2) is 18.4 Å². The second kappa shape index (κ2) is 9.34. The molecule has 9 nitrogen and oxygen atoms in total. The van der Waals surface area contributed by atoms with Gasteiger partial charge in [-0.1, -0.05) is 31.5 Å². The molecule has 1 unspecified atom stereocenters. The number of anilines is 1. The summed E-state index contributed by atoms with van der Waals surface area (Å²) in [4.78, 5) is 26.4. The van der Waals surface area contributed by atoms with Crippen molar-refractivity contribution >= 4 is 55.2 Å². The van der Waals surface area contributed by atoms with Crippen molar-refractivity contribution < 1.29 is 13.2 Å². The molecule has 0 bridgehead atoms. The number of carbonyl (C=O) groups excluding carboxylic acids is 1. The van der Waals surface area contributed by atoms with Gasteiger partial charge in [-0.2, -0.15) is 4.31 Å². The van der Waals surface area contributed by atoms with Crippen LogP contribution in [0.2, 0.25) is 5.02 Å². The van der Waals surface area contributed by atoms with E-state index in [1.807, 2.05) is 18.2 Å². The molecule has 1 saturated heterocycles. The molecule has 0 saturated carbocycles. The van der Waals surface area contributed by atoms with Gasteiger partial charge in [0.2, 0.25) is 5.91 Å². The second-order valence-electron chi connectivity index (χ2n) is 9.58. The number of sulfonamides is 1. The molecule has 5 rings (SSSR count). The van der Waals surface area contributed by atoms with E-state index < -0.39 is 10.0 Å². The van der Waals surface area contributed by atoms with Gasteiger partial charge in [-0.15, -0.1) is 0 Å². The Morgan fingerprint density at radius 2 is 1.97 bits per heavy atom. The number of nitrogens with zero attached hydrogens (tertiary/aromatic N) is 4. The molecule has 1 amide bonds. The third kappa shape index (κ3) is 4.63. The summed E-state index contributed by atoms with van der Waals surface area (Å²) >= 11 is 6.06. The van der Waals surface area contributed by atoms with Crippen LogP contribution in [0.3, 0.4) is 0 Å². The van der Waals surface area contributed by atoms with E-state index >= 15 is 0 Å². The smallest absolute Gasteiger partial charge is 0.259 e. The lowest BCUT2D eigenvalue weighted by atomic mass is 9.99. The Kier molecular flexibility index (Phi) is 6.36. The summed E-state index contributed by atoms with van der Waals surface area (Å²) in [6.07, 6.45) is 2.08. The number of rotatable bonds is 6. The Balaban J connectivity index is 1.43. The average Bonchev–Trinajstić information content (AvgIpc) is 3.25. The highest BCUT2D eigenvalue weighted by Gasteiger charge is 2.39. The summed E-state index contributed by atoms with van der Waals surface area (Å²) in [7, 11) is -3.91. The predicted octanol–water partition coefficient (Wildman–Crippen LogP) is 3.79. The Labute approximate surface area is 214 Å². The third-order valence-electron chi connectivity index (χ3n) is 6.49.